The largest absolute Gasteiger partial charge is 0.494 e. The summed E-state index contributed by atoms with van der Waals surface area (Å²) in [5.41, 5.74) is 3.32. The molecule has 0 spiro atoms. The number of alkyl halides is 1. The van der Waals surface area contributed by atoms with E-state index >= 15 is 0 Å². The van der Waals surface area contributed by atoms with Gasteiger partial charge in [0.1, 0.15) is 5.75 Å². The van der Waals surface area contributed by atoms with Gasteiger partial charge in [-0.1, -0.05) is 17.7 Å². The number of benzene rings is 1. The van der Waals surface area contributed by atoms with Crippen molar-refractivity contribution >= 4 is 38.9 Å². The highest BCUT2D eigenvalue weighted by molar-refractivity contribution is 9.11. The molecule has 2 aromatic rings. The Bertz CT molecular complexity index is 538. The van der Waals surface area contributed by atoms with Gasteiger partial charge in [0.25, 0.3) is 0 Å². The first-order chi connectivity index (χ1) is 8.61. The summed E-state index contributed by atoms with van der Waals surface area (Å²) in [6.07, 6.45) is 0. The Morgan fingerprint density at radius 3 is 2.78 bits per heavy atom. The van der Waals surface area contributed by atoms with Crippen molar-refractivity contribution in [3.63, 3.8) is 0 Å². The van der Waals surface area contributed by atoms with Crippen LogP contribution in [0.3, 0.4) is 0 Å². The molecule has 0 radical (unpaired) electrons. The van der Waals surface area contributed by atoms with E-state index in [0.717, 1.165) is 20.7 Å². The summed E-state index contributed by atoms with van der Waals surface area (Å²) in [6, 6.07) is 8.18. The molecule has 0 aliphatic heterocycles. The van der Waals surface area contributed by atoms with Gasteiger partial charge < -0.3 is 4.74 Å². The number of ether oxygens (including phenoxy) is 1. The predicted octanol–water partition coefficient (Wildman–Crippen LogP) is 5.55. The fraction of sp³-hybridized carbons (Fsp3) is 0.286. The molecule has 1 aromatic carbocycles. The summed E-state index contributed by atoms with van der Waals surface area (Å²) in [7, 11) is 0. The molecule has 96 valence electrons. The molecule has 0 bridgehead atoms. The van der Waals surface area contributed by atoms with Crippen molar-refractivity contribution in [1.82, 2.24) is 0 Å². The second-order valence-corrected chi connectivity index (χ2v) is 6.75. The third-order valence-corrected chi connectivity index (χ3v) is 4.63. The molecule has 0 N–H and O–H groups in total. The lowest BCUT2D eigenvalue weighted by Gasteiger charge is -2.15. The molecule has 2 rings (SSSR count). The molecule has 0 aliphatic rings. The van der Waals surface area contributed by atoms with Gasteiger partial charge in [-0.2, -0.15) is 0 Å². The molecule has 1 unspecified atom stereocenters. The maximum absolute atomic E-state index is 6.56. The monoisotopic (exact) mass is 344 g/mol. The molecule has 18 heavy (non-hydrogen) atoms. The Labute approximate surface area is 125 Å². The molecule has 0 aliphatic carbocycles. The first kappa shape index (κ1) is 13.9. The van der Waals surface area contributed by atoms with Crippen LogP contribution in [0.15, 0.2) is 33.4 Å². The fourth-order valence-corrected chi connectivity index (χ4v) is 3.36. The highest BCUT2D eigenvalue weighted by Gasteiger charge is 2.17. The van der Waals surface area contributed by atoms with Crippen LogP contribution in [0.5, 0.6) is 5.75 Å². The van der Waals surface area contributed by atoms with Gasteiger partial charge >= 0.3 is 0 Å². The summed E-state index contributed by atoms with van der Waals surface area (Å²) < 4.78 is 6.74. The molecule has 4 heteroatoms. The van der Waals surface area contributed by atoms with Gasteiger partial charge in [-0.05, 0) is 52.9 Å². The van der Waals surface area contributed by atoms with Crippen molar-refractivity contribution in [1.29, 1.82) is 0 Å². The lowest BCUT2D eigenvalue weighted by molar-refractivity contribution is 0.337. The molecule has 0 saturated carbocycles. The molecule has 0 fully saturated rings. The summed E-state index contributed by atoms with van der Waals surface area (Å²) >= 11 is 11.7. The Balaban J connectivity index is 2.39. The summed E-state index contributed by atoms with van der Waals surface area (Å²) in [4.78, 5) is 0. The van der Waals surface area contributed by atoms with Crippen LogP contribution in [0, 0.1) is 6.92 Å². The molecular weight excluding hydrogens is 332 g/mol. The third-order valence-electron chi connectivity index (χ3n) is 2.62. The maximum Gasteiger partial charge on any atom is 0.124 e. The minimum atomic E-state index is -0.172. The molecule has 1 nitrogen and oxygen atoms in total. The van der Waals surface area contributed by atoms with E-state index in [-0.39, 0.29) is 5.38 Å². The highest BCUT2D eigenvalue weighted by atomic mass is 79.9. The van der Waals surface area contributed by atoms with Crippen LogP contribution >= 0.6 is 38.9 Å². The Morgan fingerprint density at radius 1 is 1.39 bits per heavy atom. The normalized spacial score (nSPS) is 12.4. The standard InChI is InChI=1S/C14H14BrClOS/c1-3-17-12-5-4-9(2)6-11(12)14(16)10-7-13(15)18-8-10/h4-8,14H,3H2,1-2H3. The van der Waals surface area contributed by atoms with Gasteiger partial charge in [0, 0.05) is 5.56 Å². The topological polar surface area (TPSA) is 9.23 Å². The van der Waals surface area contributed by atoms with E-state index in [9.17, 15) is 0 Å². The van der Waals surface area contributed by atoms with Crippen LogP contribution in [-0.2, 0) is 0 Å². The number of rotatable bonds is 4. The Kier molecular flexibility index (Phi) is 4.71. The minimum Gasteiger partial charge on any atom is -0.494 e. The van der Waals surface area contributed by atoms with Crippen molar-refractivity contribution in [2.45, 2.75) is 19.2 Å². The van der Waals surface area contributed by atoms with Crippen molar-refractivity contribution in [3.8, 4) is 5.75 Å². The second-order valence-electron chi connectivity index (χ2n) is 4.02. The Morgan fingerprint density at radius 2 is 2.17 bits per heavy atom. The van der Waals surface area contributed by atoms with Gasteiger partial charge in [0.05, 0.1) is 15.8 Å². The number of thiophene rings is 1. The highest BCUT2D eigenvalue weighted by Crippen LogP contribution is 2.38. The van der Waals surface area contributed by atoms with Gasteiger partial charge in [0.2, 0.25) is 0 Å². The molecule has 1 atom stereocenters. The van der Waals surface area contributed by atoms with Gasteiger partial charge in [-0.25, -0.2) is 0 Å². The summed E-state index contributed by atoms with van der Waals surface area (Å²) in [5.74, 6) is 0.866. The van der Waals surface area contributed by atoms with E-state index in [2.05, 4.69) is 40.4 Å². The SMILES string of the molecule is CCOc1ccc(C)cc1C(Cl)c1csc(Br)c1. The zero-order valence-corrected chi connectivity index (χ0v) is 13.4. The first-order valence-corrected chi connectivity index (χ1v) is 7.84. The van der Waals surface area contributed by atoms with Crippen LogP contribution in [0.2, 0.25) is 0 Å². The number of halogens is 2. The second kappa shape index (κ2) is 6.09. The lowest BCUT2D eigenvalue weighted by atomic mass is 10.0. The average Bonchev–Trinajstić information content (AvgIpc) is 2.77. The zero-order chi connectivity index (χ0) is 13.1. The predicted molar refractivity (Wildman–Crippen MR) is 82.1 cm³/mol. The zero-order valence-electron chi connectivity index (χ0n) is 10.2. The Hall–Kier alpha value is -0.510. The average molecular weight is 346 g/mol. The van der Waals surface area contributed by atoms with Crippen molar-refractivity contribution in [2.75, 3.05) is 6.61 Å². The number of aryl methyl sites for hydroxylation is 1. The van der Waals surface area contributed by atoms with E-state index in [1.807, 2.05) is 19.1 Å². The summed E-state index contributed by atoms with van der Waals surface area (Å²) in [5, 5.41) is 1.90. The van der Waals surface area contributed by atoms with Gasteiger partial charge in [-0.3, -0.25) is 0 Å². The molecule has 1 aromatic heterocycles. The minimum absolute atomic E-state index is 0.172. The maximum atomic E-state index is 6.56. The third kappa shape index (κ3) is 3.08. The van der Waals surface area contributed by atoms with Gasteiger partial charge in [0.15, 0.2) is 0 Å². The van der Waals surface area contributed by atoms with E-state index in [4.69, 9.17) is 16.3 Å². The quantitative estimate of drug-likeness (QED) is 0.660. The van der Waals surface area contributed by atoms with E-state index < -0.39 is 0 Å². The van der Waals surface area contributed by atoms with E-state index in [1.165, 1.54) is 5.56 Å². The van der Waals surface area contributed by atoms with Crippen LogP contribution < -0.4 is 4.74 Å². The van der Waals surface area contributed by atoms with Crippen LogP contribution in [0.25, 0.3) is 0 Å². The fourth-order valence-electron chi connectivity index (χ4n) is 1.79. The van der Waals surface area contributed by atoms with Gasteiger partial charge in [-0.15, -0.1) is 22.9 Å². The first-order valence-electron chi connectivity index (χ1n) is 5.73. The van der Waals surface area contributed by atoms with Crippen LogP contribution in [0.1, 0.15) is 29.0 Å². The number of hydrogen-bond donors (Lipinski definition) is 0. The molecule has 0 saturated heterocycles. The molecule has 0 amide bonds. The van der Waals surface area contributed by atoms with E-state index in [0.29, 0.717) is 6.61 Å². The van der Waals surface area contributed by atoms with Crippen molar-refractivity contribution in [2.24, 2.45) is 0 Å². The van der Waals surface area contributed by atoms with Crippen molar-refractivity contribution in [3.05, 3.63) is 50.1 Å². The van der Waals surface area contributed by atoms with Crippen molar-refractivity contribution < 1.29 is 4.74 Å². The lowest BCUT2D eigenvalue weighted by Crippen LogP contribution is -2.00. The van der Waals surface area contributed by atoms with Crippen LogP contribution in [0.4, 0.5) is 0 Å². The van der Waals surface area contributed by atoms with Crippen LogP contribution in [-0.4, -0.2) is 6.61 Å². The summed E-state index contributed by atoms with van der Waals surface area (Å²) in [6.45, 7) is 4.69. The molecular formula is C14H14BrClOS. The smallest absolute Gasteiger partial charge is 0.124 e. The molecule has 1 heterocycles. The van der Waals surface area contributed by atoms with E-state index in [1.54, 1.807) is 11.3 Å². The number of hydrogen-bond acceptors (Lipinski definition) is 2.